The van der Waals surface area contributed by atoms with Crippen LogP contribution in [0.2, 0.25) is 0 Å². The average molecular weight is 238 g/mol. The molecule has 1 aromatic rings. The molecule has 1 aliphatic heterocycles. The standard InChI is InChI=1S/C12H18N2OS/c1-3-9(2)14-7-10-8-15-11-5-4-6-13-12(11)16-10/h4-6,9-10,14H,3,7-8H2,1-2H3. The van der Waals surface area contributed by atoms with E-state index in [1.165, 1.54) is 0 Å². The van der Waals surface area contributed by atoms with E-state index in [1.54, 1.807) is 0 Å². The second-order valence-electron chi connectivity index (χ2n) is 4.08. The number of hydrogen-bond acceptors (Lipinski definition) is 4. The largest absolute Gasteiger partial charge is 0.490 e. The molecule has 2 rings (SSSR count). The van der Waals surface area contributed by atoms with E-state index in [0.29, 0.717) is 11.3 Å². The fourth-order valence-corrected chi connectivity index (χ4v) is 2.52. The van der Waals surface area contributed by atoms with Crippen LogP contribution in [0.15, 0.2) is 23.4 Å². The van der Waals surface area contributed by atoms with E-state index >= 15 is 0 Å². The molecule has 1 aliphatic rings. The molecule has 0 radical (unpaired) electrons. The van der Waals surface area contributed by atoms with Crippen LogP contribution in [0, 0.1) is 0 Å². The Hall–Kier alpha value is -0.740. The molecule has 0 saturated carbocycles. The predicted molar refractivity (Wildman–Crippen MR) is 67.1 cm³/mol. The van der Waals surface area contributed by atoms with Gasteiger partial charge in [0.05, 0.1) is 5.25 Å². The van der Waals surface area contributed by atoms with Gasteiger partial charge in [-0.2, -0.15) is 0 Å². The van der Waals surface area contributed by atoms with Crippen molar-refractivity contribution in [3.8, 4) is 5.75 Å². The maximum atomic E-state index is 5.68. The van der Waals surface area contributed by atoms with Crippen LogP contribution in [0.5, 0.6) is 5.75 Å². The highest BCUT2D eigenvalue weighted by atomic mass is 32.2. The van der Waals surface area contributed by atoms with Gasteiger partial charge in [0.25, 0.3) is 0 Å². The molecule has 1 aromatic heterocycles. The van der Waals surface area contributed by atoms with Crippen molar-refractivity contribution in [3.63, 3.8) is 0 Å². The molecule has 4 heteroatoms. The summed E-state index contributed by atoms with van der Waals surface area (Å²) in [7, 11) is 0. The van der Waals surface area contributed by atoms with E-state index in [9.17, 15) is 0 Å². The van der Waals surface area contributed by atoms with Gasteiger partial charge >= 0.3 is 0 Å². The molecule has 16 heavy (non-hydrogen) atoms. The van der Waals surface area contributed by atoms with Crippen molar-refractivity contribution in [2.24, 2.45) is 0 Å². The van der Waals surface area contributed by atoms with Crippen LogP contribution in [0.3, 0.4) is 0 Å². The molecule has 3 nitrogen and oxygen atoms in total. The Kier molecular flexibility index (Phi) is 4.07. The van der Waals surface area contributed by atoms with Crippen LogP contribution in [-0.2, 0) is 0 Å². The zero-order valence-electron chi connectivity index (χ0n) is 9.77. The minimum atomic E-state index is 0.469. The Morgan fingerprint density at radius 1 is 1.69 bits per heavy atom. The van der Waals surface area contributed by atoms with Crippen LogP contribution >= 0.6 is 11.8 Å². The highest BCUT2D eigenvalue weighted by Crippen LogP contribution is 2.34. The number of rotatable bonds is 4. The topological polar surface area (TPSA) is 34.1 Å². The molecular formula is C12H18N2OS. The fraction of sp³-hybridized carbons (Fsp3) is 0.583. The van der Waals surface area contributed by atoms with Gasteiger partial charge in [0.1, 0.15) is 11.6 Å². The molecular weight excluding hydrogens is 220 g/mol. The molecule has 2 heterocycles. The highest BCUT2D eigenvalue weighted by molar-refractivity contribution is 8.00. The van der Waals surface area contributed by atoms with Gasteiger partial charge in [-0.05, 0) is 25.5 Å². The second-order valence-corrected chi connectivity index (χ2v) is 5.36. The summed E-state index contributed by atoms with van der Waals surface area (Å²) < 4.78 is 5.68. The minimum Gasteiger partial charge on any atom is -0.490 e. The zero-order chi connectivity index (χ0) is 11.4. The Labute approximate surface area is 101 Å². The van der Waals surface area contributed by atoms with Gasteiger partial charge in [0, 0.05) is 18.8 Å². The van der Waals surface area contributed by atoms with Crippen molar-refractivity contribution in [3.05, 3.63) is 18.3 Å². The Morgan fingerprint density at radius 2 is 2.56 bits per heavy atom. The summed E-state index contributed by atoms with van der Waals surface area (Å²) in [6, 6.07) is 4.47. The molecule has 0 bridgehead atoms. The van der Waals surface area contributed by atoms with Crippen LogP contribution in [0.1, 0.15) is 20.3 Å². The van der Waals surface area contributed by atoms with E-state index in [4.69, 9.17) is 4.74 Å². The number of nitrogens with one attached hydrogen (secondary N) is 1. The number of thioether (sulfide) groups is 1. The van der Waals surface area contributed by atoms with Crippen LogP contribution in [0.4, 0.5) is 0 Å². The molecule has 2 unspecified atom stereocenters. The quantitative estimate of drug-likeness (QED) is 0.873. The van der Waals surface area contributed by atoms with Crippen molar-refractivity contribution < 1.29 is 4.74 Å². The Balaban J connectivity index is 1.88. The van der Waals surface area contributed by atoms with Gasteiger partial charge < -0.3 is 10.1 Å². The summed E-state index contributed by atoms with van der Waals surface area (Å²) in [5, 5.41) is 4.99. The summed E-state index contributed by atoms with van der Waals surface area (Å²) in [5.41, 5.74) is 0. The van der Waals surface area contributed by atoms with Crippen molar-refractivity contribution in [2.45, 2.75) is 36.6 Å². The van der Waals surface area contributed by atoms with E-state index in [1.807, 2.05) is 30.1 Å². The molecule has 0 amide bonds. The summed E-state index contributed by atoms with van der Waals surface area (Å²) >= 11 is 1.81. The van der Waals surface area contributed by atoms with Gasteiger partial charge in [-0.15, -0.1) is 0 Å². The van der Waals surface area contributed by atoms with Gasteiger partial charge in [-0.1, -0.05) is 18.7 Å². The molecule has 0 fully saturated rings. The number of nitrogens with zero attached hydrogens (tertiary/aromatic N) is 1. The maximum Gasteiger partial charge on any atom is 0.151 e. The number of ether oxygens (including phenoxy) is 1. The van der Waals surface area contributed by atoms with Crippen LogP contribution in [0.25, 0.3) is 0 Å². The molecule has 88 valence electrons. The first kappa shape index (κ1) is 11.7. The van der Waals surface area contributed by atoms with E-state index in [-0.39, 0.29) is 0 Å². The first-order valence-corrected chi connectivity index (χ1v) is 6.65. The lowest BCUT2D eigenvalue weighted by Crippen LogP contribution is -2.36. The van der Waals surface area contributed by atoms with E-state index in [0.717, 1.165) is 30.3 Å². The molecule has 0 aliphatic carbocycles. The highest BCUT2D eigenvalue weighted by Gasteiger charge is 2.21. The lowest BCUT2D eigenvalue weighted by molar-refractivity contribution is 0.293. The van der Waals surface area contributed by atoms with Crippen molar-refractivity contribution in [2.75, 3.05) is 13.2 Å². The summed E-state index contributed by atoms with van der Waals surface area (Å²) in [5.74, 6) is 0.923. The minimum absolute atomic E-state index is 0.469. The van der Waals surface area contributed by atoms with Crippen molar-refractivity contribution in [1.29, 1.82) is 0 Å². The van der Waals surface area contributed by atoms with Crippen LogP contribution < -0.4 is 10.1 Å². The normalized spacial score (nSPS) is 21.0. The summed E-state index contributed by atoms with van der Waals surface area (Å²) in [6.07, 6.45) is 2.98. The fourth-order valence-electron chi connectivity index (χ4n) is 1.53. The lowest BCUT2D eigenvalue weighted by Gasteiger charge is -2.25. The van der Waals surface area contributed by atoms with Gasteiger partial charge in [-0.25, -0.2) is 4.98 Å². The molecule has 0 saturated heterocycles. The smallest absolute Gasteiger partial charge is 0.151 e. The maximum absolute atomic E-state index is 5.68. The van der Waals surface area contributed by atoms with Crippen molar-refractivity contribution in [1.82, 2.24) is 10.3 Å². The van der Waals surface area contributed by atoms with Gasteiger partial charge in [0.15, 0.2) is 5.75 Å². The molecule has 0 aromatic carbocycles. The number of fused-ring (bicyclic) bond motifs is 1. The van der Waals surface area contributed by atoms with Gasteiger partial charge in [0.2, 0.25) is 0 Å². The van der Waals surface area contributed by atoms with Crippen molar-refractivity contribution >= 4 is 11.8 Å². The number of pyridine rings is 1. The first-order valence-electron chi connectivity index (χ1n) is 5.77. The Bertz CT molecular complexity index is 346. The third-order valence-electron chi connectivity index (χ3n) is 2.75. The van der Waals surface area contributed by atoms with E-state index < -0.39 is 0 Å². The third-order valence-corrected chi connectivity index (χ3v) is 3.91. The SMILES string of the molecule is CCC(C)NCC1COc2cccnc2S1. The summed E-state index contributed by atoms with van der Waals surface area (Å²) in [6.45, 7) is 6.15. The number of aromatic nitrogens is 1. The van der Waals surface area contributed by atoms with E-state index in [2.05, 4.69) is 24.1 Å². The Morgan fingerprint density at radius 3 is 3.38 bits per heavy atom. The second kappa shape index (κ2) is 5.55. The molecule has 1 N–H and O–H groups in total. The zero-order valence-corrected chi connectivity index (χ0v) is 10.6. The van der Waals surface area contributed by atoms with Crippen LogP contribution in [-0.4, -0.2) is 29.4 Å². The first-order chi connectivity index (χ1) is 7.79. The monoisotopic (exact) mass is 238 g/mol. The summed E-state index contributed by atoms with van der Waals surface area (Å²) in [4.78, 5) is 4.33. The third kappa shape index (κ3) is 2.89. The molecule has 0 spiro atoms. The van der Waals surface area contributed by atoms with Gasteiger partial charge in [-0.3, -0.25) is 0 Å². The predicted octanol–water partition coefficient (Wildman–Crippen LogP) is 2.32. The average Bonchev–Trinajstić information content (AvgIpc) is 2.35. The number of hydrogen-bond donors (Lipinski definition) is 1. The lowest BCUT2D eigenvalue weighted by atomic mass is 10.2. The molecule has 2 atom stereocenters.